The minimum absolute atomic E-state index is 0.0362. The zero-order chi connectivity index (χ0) is 15.3. The third kappa shape index (κ3) is 4.50. The minimum Gasteiger partial charge on any atom is -0.383 e. The van der Waals surface area contributed by atoms with Gasteiger partial charge < -0.3 is 5.32 Å². The summed E-state index contributed by atoms with van der Waals surface area (Å²) in [6, 6.07) is 7.21. The monoisotopic (exact) mass is 389 g/mol. The Labute approximate surface area is 137 Å². The maximum absolute atomic E-state index is 12.4. The summed E-state index contributed by atoms with van der Waals surface area (Å²) < 4.78 is 28.3. The number of rotatable bonds is 7. The number of aromatic nitrogens is 1. The number of hydrogen-bond donors (Lipinski definition) is 2. The zero-order valence-electron chi connectivity index (χ0n) is 11.5. The summed E-state index contributed by atoms with van der Waals surface area (Å²) >= 11 is 4.85. The normalized spacial score (nSPS) is 11.5. The topological polar surface area (TPSA) is 71.1 Å². The molecule has 0 fully saturated rings. The molecule has 0 aromatic carbocycles. The number of pyridine rings is 1. The van der Waals surface area contributed by atoms with Gasteiger partial charge in [0.25, 0.3) is 10.0 Å². The molecule has 0 bridgehead atoms. The van der Waals surface area contributed by atoms with E-state index in [9.17, 15) is 8.42 Å². The molecule has 2 aromatic heterocycles. The van der Waals surface area contributed by atoms with E-state index in [4.69, 9.17) is 0 Å². The van der Waals surface area contributed by atoms with Gasteiger partial charge in [-0.1, -0.05) is 6.92 Å². The number of thiophene rings is 1. The van der Waals surface area contributed by atoms with Gasteiger partial charge >= 0.3 is 0 Å². The van der Waals surface area contributed by atoms with E-state index in [1.165, 1.54) is 17.5 Å². The molecule has 2 N–H and O–H groups in total. The highest BCUT2D eigenvalue weighted by Crippen LogP contribution is 2.23. The smallest absolute Gasteiger partial charge is 0.260 e. The Balaban J connectivity index is 2.15. The van der Waals surface area contributed by atoms with E-state index in [0.717, 1.165) is 15.1 Å². The molecular weight excluding hydrogens is 374 g/mol. The molecule has 2 heterocycles. The molecule has 0 radical (unpaired) electrons. The molecule has 0 amide bonds. The van der Waals surface area contributed by atoms with Gasteiger partial charge in [0.05, 0.1) is 9.47 Å². The van der Waals surface area contributed by atoms with Crippen molar-refractivity contribution in [1.29, 1.82) is 0 Å². The maximum Gasteiger partial charge on any atom is 0.260 e. The van der Waals surface area contributed by atoms with Crippen molar-refractivity contribution in [1.82, 2.24) is 9.71 Å². The summed E-state index contributed by atoms with van der Waals surface area (Å²) in [4.78, 5) is 4.94. The van der Waals surface area contributed by atoms with Crippen LogP contribution >= 0.6 is 27.3 Å². The van der Waals surface area contributed by atoms with Crippen molar-refractivity contribution >= 4 is 43.0 Å². The largest absolute Gasteiger partial charge is 0.383 e. The average molecular weight is 390 g/mol. The Kier molecular flexibility index (Phi) is 5.74. The van der Waals surface area contributed by atoms with E-state index >= 15 is 0 Å². The molecule has 0 spiro atoms. The van der Waals surface area contributed by atoms with Gasteiger partial charge in [0.15, 0.2) is 5.03 Å². The van der Waals surface area contributed by atoms with Crippen LogP contribution in [0.5, 0.6) is 0 Å². The van der Waals surface area contributed by atoms with Crippen LogP contribution < -0.4 is 10.0 Å². The highest BCUT2D eigenvalue weighted by atomic mass is 79.9. The quantitative estimate of drug-likeness (QED) is 0.762. The predicted octanol–water partition coefficient (Wildman–Crippen LogP) is 3.21. The van der Waals surface area contributed by atoms with E-state index in [2.05, 4.69) is 31.0 Å². The Morgan fingerprint density at radius 3 is 2.81 bits per heavy atom. The van der Waals surface area contributed by atoms with Crippen molar-refractivity contribution in [2.24, 2.45) is 0 Å². The highest BCUT2D eigenvalue weighted by Gasteiger charge is 2.19. The van der Waals surface area contributed by atoms with Gasteiger partial charge in [-0.15, -0.1) is 11.3 Å². The van der Waals surface area contributed by atoms with E-state index in [0.29, 0.717) is 12.2 Å². The predicted molar refractivity (Wildman–Crippen MR) is 89.1 cm³/mol. The summed E-state index contributed by atoms with van der Waals surface area (Å²) in [6.45, 7) is 2.97. The van der Waals surface area contributed by atoms with Crippen LogP contribution in [0, 0.1) is 0 Å². The number of anilines is 1. The van der Waals surface area contributed by atoms with E-state index in [1.54, 1.807) is 12.1 Å². The van der Waals surface area contributed by atoms with Crippen molar-refractivity contribution in [3.63, 3.8) is 0 Å². The number of sulfonamides is 1. The van der Waals surface area contributed by atoms with Gasteiger partial charge in [0.2, 0.25) is 0 Å². The van der Waals surface area contributed by atoms with Gasteiger partial charge in [-0.25, -0.2) is 18.1 Å². The number of hydrogen-bond acceptors (Lipinski definition) is 5. The summed E-state index contributed by atoms with van der Waals surface area (Å²) in [5.74, 6) is 0. The summed E-state index contributed by atoms with van der Waals surface area (Å²) in [7, 11) is -3.64. The van der Waals surface area contributed by atoms with Crippen LogP contribution in [0.25, 0.3) is 0 Å². The standard InChI is InChI=1S/C13H16BrN3O2S2/c1-2-7-15-11-4-3-8-16-13(11)21(18,19)17-9-10-5-6-12(14)20-10/h3-6,8,15,17H,2,7,9H2,1H3. The molecule has 2 rings (SSSR count). The van der Waals surface area contributed by atoms with Crippen LogP contribution in [0.15, 0.2) is 39.3 Å². The molecule has 5 nitrogen and oxygen atoms in total. The van der Waals surface area contributed by atoms with Crippen molar-refractivity contribution < 1.29 is 8.42 Å². The fourth-order valence-corrected chi connectivity index (χ4v) is 4.31. The van der Waals surface area contributed by atoms with Gasteiger partial charge in [-0.05, 0) is 46.6 Å². The first-order chi connectivity index (χ1) is 10.0. The van der Waals surface area contributed by atoms with Gasteiger partial charge in [0.1, 0.15) is 0 Å². The molecule has 0 saturated carbocycles. The van der Waals surface area contributed by atoms with E-state index in [-0.39, 0.29) is 11.6 Å². The Bertz CT molecular complexity index is 701. The SMILES string of the molecule is CCCNc1cccnc1S(=O)(=O)NCc1ccc(Br)s1. The van der Waals surface area contributed by atoms with Crippen LogP contribution in [0.1, 0.15) is 18.2 Å². The van der Waals surface area contributed by atoms with Crippen LogP contribution in [0.3, 0.4) is 0 Å². The zero-order valence-corrected chi connectivity index (χ0v) is 14.7. The molecule has 0 aliphatic rings. The van der Waals surface area contributed by atoms with Crippen LogP contribution in [-0.4, -0.2) is 19.9 Å². The molecule has 0 aliphatic carbocycles. The first kappa shape index (κ1) is 16.4. The number of halogens is 1. The number of nitrogens with zero attached hydrogens (tertiary/aromatic N) is 1. The van der Waals surface area contributed by atoms with Gasteiger partial charge in [0, 0.05) is 24.2 Å². The van der Waals surface area contributed by atoms with Crippen molar-refractivity contribution in [3.8, 4) is 0 Å². The molecule has 114 valence electrons. The lowest BCUT2D eigenvalue weighted by Gasteiger charge is -2.11. The van der Waals surface area contributed by atoms with Crippen LogP contribution in [0.2, 0.25) is 0 Å². The van der Waals surface area contributed by atoms with E-state index in [1.807, 2.05) is 19.1 Å². The summed E-state index contributed by atoms with van der Waals surface area (Å²) in [5, 5.41) is 3.12. The second-order valence-corrected chi connectivity index (χ2v) is 8.54. The van der Waals surface area contributed by atoms with Crippen molar-refractivity contribution in [2.75, 3.05) is 11.9 Å². The van der Waals surface area contributed by atoms with Crippen molar-refractivity contribution in [2.45, 2.75) is 24.9 Å². The molecular formula is C13H16BrN3O2S2. The second-order valence-electron chi connectivity index (χ2n) is 4.31. The Morgan fingerprint density at radius 2 is 2.14 bits per heavy atom. The highest BCUT2D eigenvalue weighted by molar-refractivity contribution is 9.11. The first-order valence-corrected chi connectivity index (χ1v) is 9.55. The molecule has 2 aromatic rings. The fourth-order valence-electron chi connectivity index (χ4n) is 1.68. The molecule has 21 heavy (non-hydrogen) atoms. The number of nitrogens with one attached hydrogen (secondary N) is 2. The van der Waals surface area contributed by atoms with Gasteiger partial charge in [-0.3, -0.25) is 0 Å². The maximum atomic E-state index is 12.4. The Morgan fingerprint density at radius 1 is 1.33 bits per heavy atom. The van der Waals surface area contributed by atoms with E-state index < -0.39 is 10.0 Å². The van der Waals surface area contributed by atoms with Crippen molar-refractivity contribution in [3.05, 3.63) is 39.1 Å². The third-order valence-corrected chi connectivity index (χ3v) is 5.64. The lowest BCUT2D eigenvalue weighted by atomic mass is 10.4. The van der Waals surface area contributed by atoms with Crippen LogP contribution in [-0.2, 0) is 16.6 Å². The fraction of sp³-hybridized carbons (Fsp3) is 0.308. The lowest BCUT2D eigenvalue weighted by molar-refractivity contribution is 0.578. The summed E-state index contributed by atoms with van der Waals surface area (Å²) in [6.07, 6.45) is 2.39. The second kappa shape index (κ2) is 7.35. The van der Waals surface area contributed by atoms with Crippen LogP contribution in [0.4, 0.5) is 5.69 Å². The Hall–Kier alpha value is -0.960. The lowest BCUT2D eigenvalue weighted by Crippen LogP contribution is -2.25. The van der Waals surface area contributed by atoms with Gasteiger partial charge in [-0.2, -0.15) is 0 Å². The molecule has 0 aliphatic heterocycles. The average Bonchev–Trinajstić information content (AvgIpc) is 2.89. The minimum atomic E-state index is -3.64. The molecule has 0 saturated heterocycles. The molecule has 8 heteroatoms. The third-order valence-electron chi connectivity index (χ3n) is 2.66. The molecule has 0 atom stereocenters. The summed E-state index contributed by atoms with van der Waals surface area (Å²) in [5.41, 5.74) is 0.527. The molecule has 0 unspecified atom stereocenters. The first-order valence-electron chi connectivity index (χ1n) is 6.45.